The molecule has 2 N–H and O–H groups in total. The molecule has 0 aliphatic carbocycles. The highest BCUT2D eigenvalue weighted by Crippen LogP contribution is 2.38. The van der Waals surface area contributed by atoms with Crippen LogP contribution in [0.5, 0.6) is 0 Å². The summed E-state index contributed by atoms with van der Waals surface area (Å²) in [5, 5.41) is 16.2. The number of hydrogen-bond donors (Lipinski definition) is 2. The summed E-state index contributed by atoms with van der Waals surface area (Å²) in [5.41, 5.74) is 3.10. The Morgan fingerprint density at radius 3 is 2.59 bits per heavy atom. The maximum absolute atomic E-state index is 9.67. The van der Waals surface area contributed by atoms with Crippen LogP contribution in [0.1, 0.15) is 13.3 Å². The molecule has 3 heterocycles. The van der Waals surface area contributed by atoms with Crippen molar-refractivity contribution in [2.24, 2.45) is 0 Å². The number of pyridine rings is 1. The number of thiophene rings is 1. The van der Waals surface area contributed by atoms with Gasteiger partial charge in [0.25, 0.3) is 0 Å². The minimum atomic E-state index is -0.0617. The number of aliphatic hydroxyl groups excluding tert-OH is 1. The van der Waals surface area contributed by atoms with E-state index in [2.05, 4.69) is 27.8 Å². The van der Waals surface area contributed by atoms with Crippen molar-refractivity contribution in [1.29, 1.82) is 0 Å². The molecule has 0 aliphatic heterocycles. The average molecular weight is 376 g/mol. The average Bonchev–Trinajstić information content (AvgIpc) is 3.17. The lowest BCUT2D eigenvalue weighted by atomic mass is 10.1. The SMILES string of the molecule is CCC(CO)Nc1nc(-c2cccnc2)nc2scc(-c3ccccc3)c12. The minimum absolute atomic E-state index is 0.0506. The van der Waals surface area contributed by atoms with Crippen molar-refractivity contribution in [3.05, 3.63) is 60.2 Å². The maximum Gasteiger partial charge on any atom is 0.164 e. The first kappa shape index (κ1) is 17.6. The zero-order valence-electron chi connectivity index (χ0n) is 15.0. The lowest BCUT2D eigenvalue weighted by Crippen LogP contribution is -2.23. The predicted molar refractivity (Wildman–Crippen MR) is 111 cm³/mol. The van der Waals surface area contributed by atoms with Gasteiger partial charge in [-0.15, -0.1) is 11.3 Å². The molecule has 136 valence electrons. The Hall–Kier alpha value is -2.83. The molecule has 0 bridgehead atoms. The molecule has 0 fully saturated rings. The highest BCUT2D eigenvalue weighted by atomic mass is 32.1. The summed E-state index contributed by atoms with van der Waals surface area (Å²) in [6.45, 7) is 2.09. The van der Waals surface area contributed by atoms with E-state index in [1.165, 1.54) is 0 Å². The van der Waals surface area contributed by atoms with E-state index in [0.29, 0.717) is 5.82 Å². The van der Waals surface area contributed by atoms with E-state index in [1.807, 2.05) is 37.3 Å². The molecule has 0 saturated carbocycles. The summed E-state index contributed by atoms with van der Waals surface area (Å²) >= 11 is 1.60. The van der Waals surface area contributed by atoms with E-state index >= 15 is 0 Å². The molecule has 4 aromatic rings. The Morgan fingerprint density at radius 2 is 1.89 bits per heavy atom. The van der Waals surface area contributed by atoms with Crippen molar-refractivity contribution in [3.8, 4) is 22.5 Å². The number of benzene rings is 1. The smallest absolute Gasteiger partial charge is 0.164 e. The summed E-state index contributed by atoms with van der Waals surface area (Å²) in [6, 6.07) is 14.0. The second kappa shape index (κ2) is 7.82. The third kappa shape index (κ3) is 3.54. The molecule has 0 spiro atoms. The van der Waals surface area contributed by atoms with Crippen molar-refractivity contribution >= 4 is 27.4 Å². The van der Waals surface area contributed by atoms with Crippen LogP contribution in [0.15, 0.2) is 60.2 Å². The van der Waals surface area contributed by atoms with Crippen LogP contribution in [-0.2, 0) is 0 Å². The first-order valence-electron chi connectivity index (χ1n) is 8.92. The van der Waals surface area contributed by atoms with Gasteiger partial charge in [-0.1, -0.05) is 37.3 Å². The number of nitrogens with zero attached hydrogens (tertiary/aromatic N) is 3. The van der Waals surface area contributed by atoms with Gasteiger partial charge in [0.05, 0.1) is 18.0 Å². The lowest BCUT2D eigenvalue weighted by molar-refractivity contribution is 0.271. The monoisotopic (exact) mass is 376 g/mol. The largest absolute Gasteiger partial charge is 0.394 e. The zero-order valence-corrected chi connectivity index (χ0v) is 15.8. The van der Waals surface area contributed by atoms with Crippen molar-refractivity contribution in [1.82, 2.24) is 15.0 Å². The van der Waals surface area contributed by atoms with Crippen LogP contribution in [0.4, 0.5) is 5.82 Å². The molecule has 0 aliphatic rings. The fourth-order valence-corrected chi connectivity index (χ4v) is 3.92. The predicted octanol–water partition coefficient (Wildman–Crippen LogP) is 4.60. The second-order valence-electron chi connectivity index (χ2n) is 6.27. The number of hydrogen-bond acceptors (Lipinski definition) is 6. The van der Waals surface area contributed by atoms with Gasteiger partial charge in [0, 0.05) is 28.9 Å². The number of aliphatic hydroxyl groups is 1. The lowest BCUT2D eigenvalue weighted by Gasteiger charge is -2.17. The van der Waals surface area contributed by atoms with Crippen LogP contribution in [0.25, 0.3) is 32.7 Å². The quantitative estimate of drug-likeness (QED) is 0.514. The molecule has 3 aromatic heterocycles. The highest BCUT2D eigenvalue weighted by molar-refractivity contribution is 7.17. The summed E-state index contributed by atoms with van der Waals surface area (Å²) in [7, 11) is 0. The number of anilines is 1. The van der Waals surface area contributed by atoms with Gasteiger partial charge in [-0.25, -0.2) is 9.97 Å². The van der Waals surface area contributed by atoms with Crippen LogP contribution < -0.4 is 5.32 Å². The van der Waals surface area contributed by atoms with Gasteiger partial charge in [-0.05, 0) is 24.1 Å². The van der Waals surface area contributed by atoms with E-state index in [9.17, 15) is 5.11 Å². The molecule has 0 radical (unpaired) electrons. The topological polar surface area (TPSA) is 70.9 Å². The van der Waals surface area contributed by atoms with Crippen LogP contribution in [0.2, 0.25) is 0 Å². The Labute approximate surface area is 161 Å². The van der Waals surface area contributed by atoms with Crippen LogP contribution >= 0.6 is 11.3 Å². The zero-order chi connectivity index (χ0) is 18.6. The Bertz CT molecular complexity index is 1030. The third-order valence-corrected chi connectivity index (χ3v) is 5.36. The summed E-state index contributed by atoms with van der Waals surface area (Å²) in [5.74, 6) is 1.38. The van der Waals surface area contributed by atoms with E-state index in [-0.39, 0.29) is 12.6 Å². The Kier molecular flexibility index (Phi) is 5.09. The maximum atomic E-state index is 9.67. The minimum Gasteiger partial charge on any atom is -0.394 e. The van der Waals surface area contributed by atoms with Crippen molar-refractivity contribution in [2.45, 2.75) is 19.4 Å². The molecule has 5 nitrogen and oxygen atoms in total. The molecule has 1 aromatic carbocycles. The van der Waals surface area contributed by atoms with E-state index in [0.717, 1.165) is 39.1 Å². The summed E-state index contributed by atoms with van der Waals surface area (Å²) in [6.07, 6.45) is 4.30. The fourth-order valence-electron chi connectivity index (χ4n) is 2.97. The van der Waals surface area contributed by atoms with Crippen molar-refractivity contribution < 1.29 is 5.11 Å². The first-order chi connectivity index (χ1) is 13.3. The fraction of sp³-hybridized carbons (Fsp3) is 0.190. The number of nitrogens with one attached hydrogen (secondary N) is 1. The first-order valence-corrected chi connectivity index (χ1v) is 9.80. The van der Waals surface area contributed by atoms with E-state index in [4.69, 9.17) is 9.97 Å². The molecular formula is C21H20N4OS. The van der Waals surface area contributed by atoms with Crippen LogP contribution in [0.3, 0.4) is 0 Å². The molecular weight excluding hydrogens is 356 g/mol. The van der Waals surface area contributed by atoms with Gasteiger partial charge in [0.1, 0.15) is 10.6 Å². The highest BCUT2D eigenvalue weighted by Gasteiger charge is 2.18. The van der Waals surface area contributed by atoms with Gasteiger partial charge in [0.15, 0.2) is 5.82 Å². The molecule has 0 saturated heterocycles. The third-order valence-electron chi connectivity index (χ3n) is 4.49. The standard InChI is InChI=1S/C21H20N4OS/c1-2-16(12-26)23-20-18-17(14-7-4-3-5-8-14)13-27-21(18)25-19(24-20)15-9-6-10-22-11-15/h3-11,13,16,26H,2,12H2,1H3,(H,23,24,25). The normalized spacial score (nSPS) is 12.2. The van der Waals surface area contributed by atoms with Crippen LogP contribution in [-0.4, -0.2) is 32.7 Å². The molecule has 0 amide bonds. The molecule has 4 rings (SSSR count). The van der Waals surface area contributed by atoms with Crippen molar-refractivity contribution in [3.63, 3.8) is 0 Å². The molecule has 27 heavy (non-hydrogen) atoms. The summed E-state index contributed by atoms with van der Waals surface area (Å²) < 4.78 is 0. The van der Waals surface area contributed by atoms with Gasteiger partial charge in [-0.2, -0.15) is 0 Å². The van der Waals surface area contributed by atoms with Gasteiger partial charge in [-0.3, -0.25) is 4.98 Å². The molecule has 1 atom stereocenters. The Balaban J connectivity index is 1.91. The number of aromatic nitrogens is 3. The Morgan fingerprint density at radius 1 is 1.07 bits per heavy atom. The summed E-state index contributed by atoms with van der Waals surface area (Å²) in [4.78, 5) is 14.7. The molecule has 1 unspecified atom stereocenters. The number of rotatable bonds is 6. The van der Waals surface area contributed by atoms with Crippen LogP contribution in [0, 0.1) is 0 Å². The van der Waals surface area contributed by atoms with E-state index in [1.54, 1.807) is 23.7 Å². The van der Waals surface area contributed by atoms with E-state index < -0.39 is 0 Å². The van der Waals surface area contributed by atoms with Crippen molar-refractivity contribution in [2.75, 3.05) is 11.9 Å². The molecule has 6 heteroatoms. The second-order valence-corrected chi connectivity index (χ2v) is 7.12. The van der Waals surface area contributed by atoms with Gasteiger partial charge < -0.3 is 10.4 Å². The number of fused-ring (bicyclic) bond motifs is 1. The van der Waals surface area contributed by atoms with Gasteiger partial charge >= 0.3 is 0 Å². The van der Waals surface area contributed by atoms with Gasteiger partial charge in [0.2, 0.25) is 0 Å².